The Balaban J connectivity index is 1.31. The van der Waals surface area contributed by atoms with Crippen LogP contribution in [0.25, 0.3) is 0 Å². The molecular formula is C22H36N6O2. The number of aromatic nitrogens is 2. The van der Waals surface area contributed by atoms with Crippen LogP contribution in [-0.2, 0) is 9.53 Å². The van der Waals surface area contributed by atoms with Crippen LogP contribution in [0.5, 0.6) is 0 Å². The summed E-state index contributed by atoms with van der Waals surface area (Å²) >= 11 is 0. The summed E-state index contributed by atoms with van der Waals surface area (Å²) in [7, 11) is 1.58. The van der Waals surface area contributed by atoms with Gasteiger partial charge in [0.2, 0.25) is 11.9 Å². The number of carbonyl (C=O) groups is 1. The molecule has 1 amide bonds. The van der Waals surface area contributed by atoms with Crippen LogP contribution in [0.15, 0.2) is 12.3 Å². The van der Waals surface area contributed by atoms with E-state index in [0.29, 0.717) is 12.1 Å². The summed E-state index contributed by atoms with van der Waals surface area (Å²) in [5.41, 5.74) is 0. The molecule has 0 aliphatic carbocycles. The fourth-order valence-corrected chi connectivity index (χ4v) is 5.01. The molecule has 2 atom stereocenters. The number of amides is 1. The molecule has 1 N–H and O–H groups in total. The minimum Gasteiger partial charge on any atom is -0.375 e. The lowest BCUT2D eigenvalue weighted by atomic mass is 10.0. The highest BCUT2D eigenvalue weighted by molar-refractivity contribution is 5.77. The van der Waals surface area contributed by atoms with Crippen LogP contribution in [-0.4, -0.2) is 90.7 Å². The second-order valence-corrected chi connectivity index (χ2v) is 8.83. The molecule has 2 unspecified atom stereocenters. The summed E-state index contributed by atoms with van der Waals surface area (Å²) in [5, 5.41) is 3.57. The minimum absolute atomic E-state index is 0.106. The summed E-state index contributed by atoms with van der Waals surface area (Å²) in [4.78, 5) is 28.4. The van der Waals surface area contributed by atoms with Gasteiger partial charge in [0.1, 0.15) is 12.4 Å². The smallest absolute Gasteiger partial charge is 0.248 e. The Hall–Kier alpha value is -1.93. The zero-order valence-corrected chi connectivity index (χ0v) is 18.3. The van der Waals surface area contributed by atoms with Crippen LogP contribution in [0.2, 0.25) is 0 Å². The fourth-order valence-electron chi connectivity index (χ4n) is 5.01. The van der Waals surface area contributed by atoms with E-state index >= 15 is 0 Å². The Morgan fingerprint density at radius 1 is 1.10 bits per heavy atom. The number of hydrogen-bond donors (Lipinski definition) is 1. The van der Waals surface area contributed by atoms with Crippen molar-refractivity contribution in [3.63, 3.8) is 0 Å². The highest BCUT2D eigenvalue weighted by Gasteiger charge is 2.32. The molecule has 3 fully saturated rings. The maximum absolute atomic E-state index is 12.2. The number of rotatable bonds is 6. The van der Waals surface area contributed by atoms with Gasteiger partial charge >= 0.3 is 0 Å². The van der Waals surface area contributed by atoms with E-state index in [0.717, 1.165) is 70.3 Å². The Bertz CT molecular complexity index is 694. The molecule has 166 valence electrons. The lowest BCUT2D eigenvalue weighted by Gasteiger charge is -2.37. The highest BCUT2D eigenvalue weighted by atomic mass is 16.5. The van der Waals surface area contributed by atoms with Gasteiger partial charge in [0, 0.05) is 64.7 Å². The number of nitrogens with one attached hydrogen (secondary N) is 1. The third kappa shape index (κ3) is 5.40. The Labute approximate surface area is 180 Å². The van der Waals surface area contributed by atoms with Crippen molar-refractivity contribution in [1.29, 1.82) is 0 Å². The van der Waals surface area contributed by atoms with Gasteiger partial charge in [0.25, 0.3) is 0 Å². The highest BCUT2D eigenvalue weighted by Crippen LogP contribution is 2.23. The van der Waals surface area contributed by atoms with Gasteiger partial charge in [-0.1, -0.05) is 12.8 Å². The lowest BCUT2D eigenvalue weighted by Crippen LogP contribution is -2.50. The SMILES string of the molecule is COCC(=O)N1CCCC(N2CCC(Nc3nccc(N4CCCCCC4)n3)C2)C1. The fraction of sp³-hybridized carbons (Fsp3) is 0.773. The van der Waals surface area contributed by atoms with Gasteiger partial charge in [-0.05, 0) is 38.2 Å². The van der Waals surface area contributed by atoms with Gasteiger partial charge in [0.05, 0.1) is 0 Å². The zero-order chi connectivity index (χ0) is 20.8. The topological polar surface area (TPSA) is 73.8 Å². The first-order valence-corrected chi connectivity index (χ1v) is 11.6. The normalized spacial score (nSPS) is 25.9. The van der Waals surface area contributed by atoms with E-state index in [9.17, 15) is 4.79 Å². The number of likely N-dealkylation sites (tertiary alicyclic amines) is 2. The van der Waals surface area contributed by atoms with Crippen molar-refractivity contribution in [1.82, 2.24) is 19.8 Å². The van der Waals surface area contributed by atoms with Gasteiger partial charge in [-0.3, -0.25) is 9.69 Å². The molecule has 3 aliphatic heterocycles. The second-order valence-electron chi connectivity index (χ2n) is 8.83. The standard InChI is InChI=1S/C22H36N6O2/c1-30-17-21(29)28-13-6-7-19(16-28)27-14-9-18(15-27)24-22-23-10-8-20(25-22)26-11-4-2-3-5-12-26/h8,10,18-19H,2-7,9,11-17H2,1H3,(H,23,24,25). The van der Waals surface area contributed by atoms with Crippen LogP contribution in [0.4, 0.5) is 11.8 Å². The van der Waals surface area contributed by atoms with Crippen molar-refractivity contribution in [3.8, 4) is 0 Å². The average molecular weight is 417 g/mol. The van der Waals surface area contributed by atoms with Crippen molar-refractivity contribution < 1.29 is 9.53 Å². The second kappa shape index (κ2) is 10.4. The van der Waals surface area contributed by atoms with Crippen molar-refractivity contribution >= 4 is 17.7 Å². The number of methoxy groups -OCH3 is 1. The van der Waals surface area contributed by atoms with E-state index in [1.165, 1.54) is 25.7 Å². The molecule has 3 saturated heterocycles. The molecule has 8 heteroatoms. The molecule has 0 radical (unpaired) electrons. The molecule has 1 aromatic heterocycles. The molecule has 0 aromatic carbocycles. The van der Waals surface area contributed by atoms with Gasteiger partial charge in [-0.2, -0.15) is 4.98 Å². The van der Waals surface area contributed by atoms with E-state index < -0.39 is 0 Å². The molecule has 8 nitrogen and oxygen atoms in total. The van der Waals surface area contributed by atoms with Crippen molar-refractivity contribution in [2.75, 3.05) is 63.2 Å². The molecule has 3 aliphatic rings. The zero-order valence-electron chi connectivity index (χ0n) is 18.3. The first-order valence-electron chi connectivity index (χ1n) is 11.6. The molecule has 1 aromatic rings. The maximum atomic E-state index is 12.2. The third-order valence-corrected chi connectivity index (χ3v) is 6.66. The maximum Gasteiger partial charge on any atom is 0.248 e. The average Bonchev–Trinajstić information content (AvgIpc) is 3.06. The predicted molar refractivity (Wildman–Crippen MR) is 118 cm³/mol. The first kappa shape index (κ1) is 21.3. The van der Waals surface area contributed by atoms with Crippen LogP contribution in [0.1, 0.15) is 44.9 Å². The summed E-state index contributed by atoms with van der Waals surface area (Å²) < 4.78 is 5.03. The molecule has 0 spiro atoms. The first-order chi connectivity index (χ1) is 14.7. The van der Waals surface area contributed by atoms with Gasteiger partial charge in [-0.15, -0.1) is 0 Å². The Kier molecular flexibility index (Phi) is 7.38. The number of carbonyl (C=O) groups excluding carboxylic acids is 1. The Morgan fingerprint density at radius 2 is 1.93 bits per heavy atom. The number of hydrogen-bond acceptors (Lipinski definition) is 7. The quantitative estimate of drug-likeness (QED) is 0.760. The molecule has 0 saturated carbocycles. The summed E-state index contributed by atoms with van der Waals surface area (Å²) in [5.74, 6) is 1.89. The van der Waals surface area contributed by atoms with Crippen molar-refractivity contribution in [2.24, 2.45) is 0 Å². The van der Waals surface area contributed by atoms with Crippen molar-refractivity contribution in [3.05, 3.63) is 12.3 Å². The van der Waals surface area contributed by atoms with E-state index in [4.69, 9.17) is 9.72 Å². The summed E-state index contributed by atoms with van der Waals surface area (Å²) in [6.07, 6.45) is 10.3. The molecule has 0 bridgehead atoms. The minimum atomic E-state index is 0.106. The van der Waals surface area contributed by atoms with Crippen LogP contribution in [0.3, 0.4) is 0 Å². The van der Waals surface area contributed by atoms with E-state index in [1.807, 2.05) is 17.2 Å². The van der Waals surface area contributed by atoms with Gasteiger partial charge in [0.15, 0.2) is 0 Å². The van der Waals surface area contributed by atoms with E-state index in [-0.39, 0.29) is 12.5 Å². The van der Waals surface area contributed by atoms with Crippen molar-refractivity contribution in [2.45, 2.75) is 57.0 Å². The van der Waals surface area contributed by atoms with Crippen LogP contribution >= 0.6 is 0 Å². The molecule has 4 heterocycles. The van der Waals surface area contributed by atoms with Gasteiger partial charge in [-0.25, -0.2) is 4.98 Å². The van der Waals surface area contributed by atoms with E-state index in [1.54, 1.807) is 7.11 Å². The molecule has 30 heavy (non-hydrogen) atoms. The van der Waals surface area contributed by atoms with E-state index in [2.05, 4.69) is 20.1 Å². The summed E-state index contributed by atoms with van der Waals surface area (Å²) in [6, 6.07) is 2.83. The Morgan fingerprint density at radius 3 is 2.73 bits per heavy atom. The number of ether oxygens (including phenoxy) is 1. The monoisotopic (exact) mass is 416 g/mol. The third-order valence-electron chi connectivity index (χ3n) is 6.66. The van der Waals surface area contributed by atoms with Crippen LogP contribution < -0.4 is 10.2 Å². The lowest BCUT2D eigenvalue weighted by molar-refractivity contribution is -0.137. The molecule has 4 rings (SSSR count). The largest absolute Gasteiger partial charge is 0.375 e. The number of piperidine rings is 1. The predicted octanol–water partition coefficient (Wildman–Crippen LogP) is 1.98. The molecular weight excluding hydrogens is 380 g/mol. The van der Waals surface area contributed by atoms with Crippen LogP contribution in [0, 0.1) is 0 Å². The summed E-state index contributed by atoms with van der Waals surface area (Å²) in [6.45, 7) is 6.07. The number of anilines is 2. The van der Waals surface area contributed by atoms with Gasteiger partial charge < -0.3 is 19.9 Å². The number of nitrogens with zero attached hydrogens (tertiary/aromatic N) is 5.